The van der Waals surface area contributed by atoms with Crippen molar-refractivity contribution in [2.45, 2.75) is 25.4 Å². The molecule has 0 saturated heterocycles. The van der Waals surface area contributed by atoms with Gasteiger partial charge in [0.2, 0.25) is 0 Å². The fourth-order valence-electron chi connectivity index (χ4n) is 2.46. The normalized spacial score (nSPS) is 18.7. The molecule has 0 spiro atoms. The Hall–Kier alpha value is -1.39. The van der Waals surface area contributed by atoms with E-state index in [1.807, 2.05) is 10.6 Å². The summed E-state index contributed by atoms with van der Waals surface area (Å²) >= 11 is 6.14. The van der Waals surface area contributed by atoms with Crippen LogP contribution in [0.1, 0.15) is 24.7 Å². The maximum Gasteiger partial charge on any atom is 0.151 e. The van der Waals surface area contributed by atoms with Gasteiger partial charge in [-0.15, -0.1) is 0 Å². The van der Waals surface area contributed by atoms with Gasteiger partial charge >= 0.3 is 0 Å². The minimum absolute atomic E-state index is 0.132. The second-order valence-electron chi connectivity index (χ2n) is 4.51. The SMILES string of the molecule is NC1CCCc2c(Cl)nc(-c3cccc(F)c3)n21. The van der Waals surface area contributed by atoms with Crippen molar-refractivity contribution < 1.29 is 4.39 Å². The molecule has 18 heavy (non-hydrogen) atoms. The summed E-state index contributed by atoms with van der Waals surface area (Å²) < 4.78 is 15.2. The number of hydrogen-bond donors (Lipinski definition) is 1. The predicted molar refractivity (Wildman–Crippen MR) is 68.8 cm³/mol. The zero-order valence-corrected chi connectivity index (χ0v) is 10.5. The molecule has 1 aromatic heterocycles. The van der Waals surface area contributed by atoms with E-state index in [0.29, 0.717) is 16.5 Å². The third-order valence-electron chi connectivity index (χ3n) is 3.29. The molecule has 94 valence electrons. The van der Waals surface area contributed by atoms with Crippen LogP contribution in [0.25, 0.3) is 11.4 Å². The van der Waals surface area contributed by atoms with Crippen LogP contribution < -0.4 is 5.73 Å². The summed E-state index contributed by atoms with van der Waals surface area (Å²) in [5.41, 5.74) is 7.77. The molecule has 1 aromatic carbocycles. The van der Waals surface area contributed by atoms with Crippen molar-refractivity contribution >= 4 is 11.6 Å². The van der Waals surface area contributed by atoms with E-state index in [9.17, 15) is 4.39 Å². The quantitative estimate of drug-likeness (QED) is 0.861. The summed E-state index contributed by atoms with van der Waals surface area (Å²) in [7, 11) is 0. The highest BCUT2D eigenvalue weighted by Gasteiger charge is 2.24. The van der Waals surface area contributed by atoms with Gasteiger partial charge < -0.3 is 10.3 Å². The number of rotatable bonds is 1. The Morgan fingerprint density at radius 3 is 3.06 bits per heavy atom. The van der Waals surface area contributed by atoms with Gasteiger partial charge in [-0.2, -0.15) is 0 Å². The summed E-state index contributed by atoms with van der Waals surface area (Å²) in [5.74, 6) is 0.368. The molecule has 0 amide bonds. The van der Waals surface area contributed by atoms with Crippen molar-refractivity contribution in [3.05, 3.63) is 40.9 Å². The average Bonchev–Trinajstić information content (AvgIpc) is 2.69. The predicted octanol–water partition coefficient (Wildman–Crippen LogP) is 3.14. The molecule has 0 fully saturated rings. The standard InChI is InChI=1S/C13H13ClFN3/c14-12-10-5-2-6-11(16)18(10)13(17-12)8-3-1-4-9(15)7-8/h1,3-4,7,11H,2,5-6,16H2. The Bertz CT molecular complexity index is 594. The third kappa shape index (κ3) is 1.82. The molecule has 1 unspecified atom stereocenters. The molecule has 2 N–H and O–H groups in total. The number of nitrogens with two attached hydrogens (primary N) is 1. The Morgan fingerprint density at radius 2 is 2.28 bits per heavy atom. The number of fused-ring (bicyclic) bond motifs is 1. The average molecular weight is 266 g/mol. The first kappa shape index (κ1) is 11.7. The van der Waals surface area contributed by atoms with Crippen molar-refractivity contribution in [1.29, 1.82) is 0 Å². The van der Waals surface area contributed by atoms with Crippen LogP contribution in [0, 0.1) is 5.82 Å². The van der Waals surface area contributed by atoms with Gasteiger partial charge in [0.25, 0.3) is 0 Å². The Balaban J connectivity index is 2.18. The van der Waals surface area contributed by atoms with E-state index in [0.717, 1.165) is 25.0 Å². The largest absolute Gasteiger partial charge is 0.311 e. The number of benzene rings is 1. The highest BCUT2D eigenvalue weighted by molar-refractivity contribution is 6.30. The molecule has 2 heterocycles. The topological polar surface area (TPSA) is 43.8 Å². The van der Waals surface area contributed by atoms with Crippen molar-refractivity contribution in [1.82, 2.24) is 9.55 Å². The summed E-state index contributed by atoms with van der Waals surface area (Å²) in [6.45, 7) is 0. The van der Waals surface area contributed by atoms with E-state index in [2.05, 4.69) is 4.98 Å². The maximum absolute atomic E-state index is 13.3. The van der Waals surface area contributed by atoms with Crippen molar-refractivity contribution in [3.8, 4) is 11.4 Å². The summed E-state index contributed by atoms with van der Waals surface area (Å²) in [4.78, 5) is 4.34. The van der Waals surface area contributed by atoms with Gasteiger partial charge in [0.1, 0.15) is 11.6 Å². The number of halogens is 2. The third-order valence-corrected chi connectivity index (χ3v) is 3.59. The number of hydrogen-bond acceptors (Lipinski definition) is 2. The van der Waals surface area contributed by atoms with Crippen molar-refractivity contribution in [3.63, 3.8) is 0 Å². The molecule has 0 saturated carbocycles. The minimum Gasteiger partial charge on any atom is -0.311 e. The van der Waals surface area contributed by atoms with Crippen LogP contribution in [-0.2, 0) is 6.42 Å². The molecule has 5 heteroatoms. The molecular weight excluding hydrogens is 253 g/mol. The lowest BCUT2D eigenvalue weighted by Crippen LogP contribution is -2.25. The fourth-order valence-corrected chi connectivity index (χ4v) is 2.72. The molecule has 0 bridgehead atoms. The van der Waals surface area contributed by atoms with E-state index in [4.69, 9.17) is 17.3 Å². The van der Waals surface area contributed by atoms with Gasteiger partial charge in [0.15, 0.2) is 5.15 Å². The lowest BCUT2D eigenvalue weighted by molar-refractivity contribution is 0.418. The minimum atomic E-state index is -0.287. The van der Waals surface area contributed by atoms with Crippen molar-refractivity contribution in [2.75, 3.05) is 0 Å². The molecule has 3 rings (SSSR count). The van der Waals surface area contributed by atoms with E-state index in [1.54, 1.807) is 6.07 Å². The van der Waals surface area contributed by atoms with Crippen LogP contribution in [0.3, 0.4) is 0 Å². The molecule has 0 aliphatic carbocycles. The second kappa shape index (κ2) is 4.37. The number of nitrogens with zero attached hydrogens (tertiary/aromatic N) is 2. The van der Waals surface area contributed by atoms with Crippen molar-refractivity contribution in [2.24, 2.45) is 5.73 Å². The zero-order valence-electron chi connectivity index (χ0n) is 9.74. The summed E-state index contributed by atoms with van der Waals surface area (Å²) in [5, 5.41) is 0.476. The lowest BCUT2D eigenvalue weighted by Gasteiger charge is -2.24. The van der Waals surface area contributed by atoms with Crippen LogP contribution in [0.4, 0.5) is 4.39 Å². The van der Waals surface area contributed by atoms with Crippen LogP contribution >= 0.6 is 11.6 Å². The van der Waals surface area contributed by atoms with Gasteiger partial charge in [0.05, 0.1) is 11.9 Å². The molecular formula is C13H13ClFN3. The Labute approximate surface area is 109 Å². The highest BCUT2D eigenvalue weighted by Crippen LogP contribution is 2.33. The van der Waals surface area contributed by atoms with Crippen LogP contribution in [-0.4, -0.2) is 9.55 Å². The first-order chi connectivity index (χ1) is 8.66. The monoisotopic (exact) mass is 265 g/mol. The zero-order chi connectivity index (χ0) is 12.7. The van der Waals surface area contributed by atoms with E-state index >= 15 is 0 Å². The second-order valence-corrected chi connectivity index (χ2v) is 4.87. The lowest BCUT2D eigenvalue weighted by atomic mass is 10.1. The first-order valence-electron chi connectivity index (χ1n) is 5.95. The van der Waals surface area contributed by atoms with Gasteiger partial charge in [-0.25, -0.2) is 9.37 Å². The molecule has 1 aliphatic rings. The van der Waals surface area contributed by atoms with E-state index in [1.165, 1.54) is 12.1 Å². The van der Waals surface area contributed by atoms with Gasteiger partial charge in [-0.3, -0.25) is 0 Å². The molecule has 3 nitrogen and oxygen atoms in total. The molecule has 0 radical (unpaired) electrons. The van der Waals surface area contributed by atoms with E-state index in [-0.39, 0.29) is 12.0 Å². The van der Waals surface area contributed by atoms with Crippen LogP contribution in [0.5, 0.6) is 0 Å². The maximum atomic E-state index is 13.3. The summed E-state index contributed by atoms with van der Waals surface area (Å²) in [6, 6.07) is 6.34. The highest BCUT2D eigenvalue weighted by atomic mass is 35.5. The van der Waals surface area contributed by atoms with Gasteiger partial charge in [-0.05, 0) is 31.4 Å². The smallest absolute Gasteiger partial charge is 0.151 e. The first-order valence-corrected chi connectivity index (χ1v) is 6.33. The van der Waals surface area contributed by atoms with Crippen LogP contribution in [0.15, 0.2) is 24.3 Å². The Kier molecular flexibility index (Phi) is 2.84. The number of imidazole rings is 1. The van der Waals surface area contributed by atoms with E-state index < -0.39 is 0 Å². The summed E-state index contributed by atoms with van der Waals surface area (Å²) in [6.07, 6.45) is 2.64. The van der Waals surface area contributed by atoms with Crippen LogP contribution in [0.2, 0.25) is 5.15 Å². The molecule has 1 aliphatic heterocycles. The van der Waals surface area contributed by atoms with Gasteiger partial charge in [-0.1, -0.05) is 23.7 Å². The molecule has 1 atom stereocenters. The van der Waals surface area contributed by atoms with Gasteiger partial charge in [0, 0.05) is 5.56 Å². The fraction of sp³-hybridized carbons (Fsp3) is 0.308. The number of aromatic nitrogens is 2. The Morgan fingerprint density at radius 1 is 1.44 bits per heavy atom. The molecule has 2 aromatic rings.